The topological polar surface area (TPSA) is 0 Å². The summed E-state index contributed by atoms with van der Waals surface area (Å²) in [7, 11) is 0. The second kappa shape index (κ2) is 8.65. The van der Waals surface area contributed by atoms with Crippen LogP contribution in [0.15, 0.2) is 43.3 Å². The molecule has 19 heavy (non-hydrogen) atoms. The van der Waals surface area contributed by atoms with Gasteiger partial charge in [-0.3, -0.25) is 0 Å². The standard InChI is InChI=1S/C16H21.2ClH.Zr/c1-4-5-8-14-13(3)10-11-16(14)15-9-6-7-12(15)2;;;/h9-10H,4-6,8,11H2,1-3H3;2*1H;/q;;;+2/p-2. The second-order valence-corrected chi connectivity index (χ2v) is 6.56. The van der Waals surface area contributed by atoms with E-state index in [2.05, 4.69) is 32.9 Å². The Labute approximate surface area is 145 Å². The van der Waals surface area contributed by atoms with Gasteiger partial charge in [0.1, 0.15) is 0 Å². The molecule has 0 atom stereocenters. The fourth-order valence-corrected chi connectivity index (χ4v) is 3.32. The van der Waals surface area contributed by atoms with Crippen LogP contribution in [-0.4, -0.2) is 0 Å². The summed E-state index contributed by atoms with van der Waals surface area (Å²) in [5.41, 5.74) is 7.93. The van der Waals surface area contributed by atoms with Crippen LogP contribution < -0.4 is 24.8 Å². The van der Waals surface area contributed by atoms with Gasteiger partial charge in [0, 0.05) is 0 Å². The number of hydrogen-bond donors (Lipinski definition) is 0. The molecule has 2 aliphatic carbocycles. The van der Waals surface area contributed by atoms with Gasteiger partial charge in [0.05, 0.1) is 0 Å². The third-order valence-corrected chi connectivity index (χ3v) is 5.35. The Balaban J connectivity index is 0.00000162. The first-order chi connectivity index (χ1) is 8.15. The van der Waals surface area contributed by atoms with Crippen LogP contribution in [0, 0.1) is 0 Å². The Morgan fingerprint density at radius 2 is 1.79 bits per heavy atom. The van der Waals surface area contributed by atoms with Crippen molar-refractivity contribution in [3.05, 3.63) is 43.3 Å². The third-order valence-electron chi connectivity index (χ3n) is 3.93. The summed E-state index contributed by atoms with van der Waals surface area (Å²) in [5, 5.41) is 0. The Morgan fingerprint density at radius 3 is 2.32 bits per heavy atom. The van der Waals surface area contributed by atoms with Crippen molar-refractivity contribution in [2.24, 2.45) is 0 Å². The zero-order valence-electron chi connectivity index (χ0n) is 11.9. The maximum absolute atomic E-state index is 2.45. The molecule has 103 valence electrons. The first-order valence-electron chi connectivity index (χ1n) is 6.66. The van der Waals surface area contributed by atoms with E-state index in [4.69, 9.17) is 0 Å². The van der Waals surface area contributed by atoms with Crippen LogP contribution in [0.3, 0.4) is 0 Å². The van der Waals surface area contributed by atoms with E-state index in [1.807, 2.05) is 0 Å². The summed E-state index contributed by atoms with van der Waals surface area (Å²) >= 11 is 1.59. The quantitative estimate of drug-likeness (QED) is 0.590. The molecule has 0 saturated heterocycles. The fourth-order valence-electron chi connectivity index (χ4n) is 2.74. The minimum absolute atomic E-state index is 0. The van der Waals surface area contributed by atoms with E-state index in [1.54, 1.807) is 50.3 Å². The summed E-state index contributed by atoms with van der Waals surface area (Å²) in [6.07, 6.45) is 11.1. The zero-order valence-corrected chi connectivity index (χ0v) is 15.9. The van der Waals surface area contributed by atoms with Gasteiger partial charge < -0.3 is 24.8 Å². The van der Waals surface area contributed by atoms with Crippen molar-refractivity contribution in [2.75, 3.05) is 0 Å². The molecule has 0 aromatic rings. The minimum atomic E-state index is 0. The van der Waals surface area contributed by atoms with Crippen molar-refractivity contribution in [1.29, 1.82) is 0 Å². The van der Waals surface area contributed by atoms with Crippen LogP contribution in [0.2, 0.25) is 0 Å². The van der Waals surface area contributed by atoms with Gasteiger partial charge in [-0.05, 0) is 0 Å². The van der Waals surface area contributed by atoms with Gasteiger partial charge in [-0.2, -0.15) is 0 Å². The van der Waals surface area contributed by atoms with E-state index in [1.165, 1.54) is 31.3 Å². The average molecular weight is 375 g/mol. The third kappa shape index (κ3) is 4.19. The average Bonchev–Trinajstić information content (AvgIpc) is 2.82. The normalized spacial score (nSPS) is 18.2. The van der Waals surface area contributed by atoms with Gasteiger partial charge in [-0.15, -0.1) is 0 Å². The summed E-state index contributed by atoms with van der Waals surface area (Å²) in [6, 6.07) is 0. The zero-order chi connectivity index (χ0) is 12.4. The number of allylic oxidation sites excluding steroid dienone is 8. The summed E-state index contributed by atoms with van der Waals surface area (Å²) in [5.74, 6) is 0. The molecule has 2 aliphatic rings. The van der Waals surface area contributed by atoms with Crippen molar-refractivity contribution in [2.45, 2.75) is 52.9 Å². The van der Waals surface area contributed by atoms with Crippen LogP contribution in [0.4, 0.5) is 0 Å². The van der Waals surface area contributed by atoms with Crippen molar-refractivity contribution in [3.63, 3.8) is 0 Å². The molecule has 0 nitrogen and oxygen atoms in total. The number of hydrogen-bond acceptors (Lipinski definition) is 0. The van der Waals surface area contributed by atoms with Crippen molar-refractivity contribution in [3.8, 4) is 0 Å². The van der Waals surface area contributed by atoms with E-state index in [9.17, 15) is 0 Å². The monoisotopic (exact) mass is 373 g/mol. The first-order valence-corrected chi connectivity index (χ1v) is 7.89. The predicted molar refractivity (Wildman–Crippen MR) is 70.3 cm³/mol. The van der Waals surface area contributed by atoms with E-state index in [0.29, 0.717) is 0 Å². The van der Waals surface area contributed by atoms with Crippen LogP contribution >= 0.6 is 0 Å². The van der Waals surface area contributed by atoms with Gasteiger partial charge in [0.2, 0.25) is 0 Å². The second-order valence-electron chi connectivity index (χ2n) is 5.08. The molecule has 0 radical (unpaired) electrons. The predicted octanol–water partition coefficient (Wildman–Crippen LogP) is -1.02. The van der Waals surface area contributed by atoms with Crippen LogP contribution in [-0.2, 0) is 24.7 Å². The van der Waals surface area contributed by atoms with E-state index < -0.39 is 0 Å². The molecule has 0 aliphatic heterocycles. The van der Waals surface area contributed by atoms with Crippen LogP contribution in [0.5, 0.6) is 0 Å². The van der Waals surface area contributed by atoms with Crippen LogP contribution in [0.25, 0.3) is 0 Å². The number of unbranched alkanes of at least 4 members (excludes halogenated alkanes) is 1. The Bertz CT molecular complexity index is 453. The molecule has 0 fully saturated rings. The van der Waals surface area contributed by atoms with E-state index >= 15 is 0 Å². The molecule has 0 spiro atoms. The Kier molecular flexibility index (Phi) is 8.85. The van der Waals surface area contributed by atoms with Gasteiger partial charge in [-0.25, -0.2) is 0 Å². The Morgan fingerprint density at radius 1 is 1.11 bits per heavy atom. The molecule has 0 bridgehead atoms. The minimum Gasteiger partial charge on any atom is -1.00 e. The van der Waals surface area contributed by atoms with Gasteiger partial charge in [0.25, 0.3) is 0 Å². The fraction of sp³-hybridized carbons (Fsp3) is 0.500. The molecule has 2 rings (SSSR count). The molecule has 0 amide bonds. The van der Waals surface area contributed by atoms with Crippen molar-refractivity contribution < 1.29 is 49.5 Å². The van der Waals surface area contributed by atoms with E-state index in [0.717, 1.165) is 6.42 Å². The number of halogens is 2. The first kappa shape index (κ1) is 19.4. The van der Waals surface area contributed by atoms with E-state index in [-0.39, 0.29) is 24.8 Å². The maximum Gasteiger partial charge on any atom is -1.00 e. The molecular weight excluding hydrogens is 354 g/mol. The molecule has 0 heterocycles. The van der Waals surface area contributed by atoms with Crippen molar-refractivity contribution in [1.82, 2.24) is 0 Å². The molecular formula is C16H21Cl2Zr. The summed E-state index contributed by atoms with van der Waals surface area (Å²) in [4.78, 5) is 0. The maximum atomic E-state index is 2.45. The number of rotatable bonds is 4. The van der Waals surface area contributed by atoms with Crippen LogP contribution in [0.1, 0.15) is 52.9 Å². The smallest absolute Gasteiger partial charge is 1.00 e. The molecule has 0 aromatic heterocycles. The molecule has 0 unspecified atom stereocenters. The Hall–Kier alpha value is 0.423. The van der Waals surface area contributed by atoms with Crippen molar-refractivity contribution >= 4 is 0 Å². The molecule has 3 heteroatoms. The molecule has 0 N–H and O–H groups in total. The largest absolute Gasteiger partial charge is 1.00 e. The summed E-state index contributed by atoms with van der Waals surface area (Å²) in [6.45, 7) is 6.87. The molecule has 0 saturated carbocycles. The van der Waals surface area contributed by atoms with Gasteiger partial charge in [-0.1, -0.05) is 0 Å². The SMILES string of the molecule is CCCCC1=C(C2=CC[C]([Zr+2])=C2C)CC=C1C.[Cl-].[Cl-]. The van der Waals surface area contributed by atoms with Gasteiger partial charge >= 0.3 is 121 Å². The summed E-state index contributed by atoms with van der Waals surface area (Å²) < 4.78 is 1.64. The molecule has 0 aromatic carbocycles. The van der Waals surface area contributed by atoms with Gasteiger partial charge in [0.15, 0.2) is 0 Å².